The summed E-state index contributed by atoms with van der Waals surface area (Å²) in [6.07, 6.45) is 1.74. The molecule has 0 radical (unpaired) electrons. The minimum Gasteiger partial charge on any atom is -0.341 e. The number of halogens is 1. The van der Waals surface area contributed by atoms with Crippen LogP contribution in [0.4, 0.5) is 0 Å². The molecule has 1 aliphatic rings. The highest BCUT2D eigenvalue weighted by atomic mass is 79.9. The summed E-state index contributed by atoms with van der Waals surface area (Å²) in [7, 11) is 0. The molecule has 108 valence electrons. The molecule has 1 aliphatic heterocycles. The van der Waals surface area contributed by atoms with Crippen molar-refractivity contribution < 1.29 is 9.59 Å². The van der Waals surface area contributed by atoms with Crippen LogP contribution in [0, 0.1) is 5.41 Å². The third kappa shape index (κ3) is 3.69. The lowest BCUT2D eigenvalue weighted by Crippen LogP contribution is -2.48. The van der Waals surface area contributed by atoms with Gasteiger partial charge < -0.3 is 4.90 Å². The van der Waals surface area contributed by atoms with Crippen LogP contribution in [0.1, 0.15) is 32.3 Å². The molecule has 1 fully saturated rings. The number of carbonyl (C=O) groups is 2. The standard InChI is InChI=1S/C16H20BrNO2/c1-16(2)11-18(10-9-14(16)19)15(20)8-5-12-3-6-13(17)7-4-12/h3-4,6-7H,5,8-11H2,1-2H3. The number of amides is 1. The Hall–Kier alpha value is -1.16. The quantitative estimate of drug-likeness (QED) is 0.849. The van der Waals surface area contributed by atoms with E-state index in [1.54, 1.807) is 0 Å². The molecule has 0 unspecified atom stereocenters. The third-order valence-corrected chi connectivity index (χ3v) is 4.37. The van der Waals surface area contributed by atoms with Crippen LogP contribution in [0.15, 0.2) is 28.7 Å². The van der Waals surface area contributed by atoms with Crippen LogP contribution in [0.2, 0.25) is 0 Å². The minimum absolute atomic E-state index is 0.147. The zero-order valence-corrected chi connectivity index (χ0v) is 13.6. The number of rotatable bonds is 3. The van der Waals surface area contributed by atoms with Crippen molar-refractivity contribution >= 4 is 27.6 Å². The first-order valence-corrected chi connectivity index (χ1v) is 7.73. The normalized spacial score (nSPS) is 18.1. The van der Waals surface area contributed by atoms with E-state index in [1.807, 2.05) is 43.0 Å². The Balaban J connectivity index is 1.89. The highest BCUT2D eigenvalue weighted by Gasteiger charge is 2.35. The number of benzene rings is 1. The molecule has 0 aliphatic carbocycles. The highest BCUT2D eigenvalue weighted by Crippen LogP contribution is 2.25. The molecule has 1 aromatic carbocycles. The molecule has 1 saturated heterocycles. The number of Topliss-reactive ketones (excluding diaryl/α,β-unsaturated/α-hetero) is 1. The van der Waals surface area contributed by atoms with Crippen LogP contribution < -0.4 is 0 Å². The summed E-state index contributed by atoms with van der Waals surface area (Å²) in [5, 5.41) is 0. The minimum atomic E-state index is -0.397. The number of carbonyl (C=O) groups excluding carboxylic acids is 2. The third-order valence-electron chi connectivity index (χ3n) is 3.84. The summed E-state index contributed by atoms with van der Waals surface area (Å²) >= 11 is 3.40. The Morgan fingerprint density at radius 2 is 1.95 bits per heavy atom. The van der Waals surface area contributed by atoms with Gasteiger partial charge >= 0.3 is 0 Å². The second-order valence-electron chi connectivity index (χ2n) is 6.00. The van der Waals surface area contributed by atoms with Gasteiger partial charge in [0.1, 0.15) is 5.78 Å². The molecule has 1 heterocycles. The van der Waals surface area contributed by atoms with Crippen molar-refractivity contribution in [1.29, 1.82) is 0 Å². The number of piperidine rings is 1. The van der Waals surface area contributed by atoms with Crippen molar-refractivity contribution in [1.82, 2.24) is 4.90 Å². The van der Waals surface area contributed by atoms with E-state index in [-0.39, 0.29) is 11.7 Å². The molecule has 0 bridgehead atoms. The molecule has 4 heteroatoms. The van der Waals surface area contributed by atoms with E-state index in [0.29, 0.717) is 25.9 Å². The van der Waals surface area contributed by atoms with Crippen molar-refractivity contribution in [3.63, 3.8) is 0 Å². The first-order chi connectivity index (χ1) is 9.38. The molecule has 2 rings (SSSR count). The summed E-state index contributed by atoms with van der Waals surface area (Å²) in [4.78, 5) is 25.8. The Morgan fingerprint density at radius 3 is 2.55 bits per heavy atom. The van der Waals surface area contributed by atoms with Gasteiger partial charge in [-0.25, -0.2) is 0 Å². The van der Waals surface area contributed by atoms with Crippen LogP contribution in [-0.4, -0.2) is 29.7 Å². The summed E-state index contributed by atoms with van der Waals surface area (Å²) < 4.78 is 1.05. The van der Waals surface area contributed by atoms with Crippen LogP contribution >= 0.6 is 15.9 Å². The van der Waals surface area contributed by atoms with E-state index in [9.17, 15) is 9.59 Å². The zero-order valence-electron chi connectivity index (χ0n) is 12.0. The summed E-state index contributed by atoms with van der Waals surface area (Å²) in [6.45, 7) is 4.96. The Bertz CT molecular complexity index is 508. The molecule has 0 N–H and O–H groups in total. The fourth-order valence-corrected chi connectivity index (χ4v) is 2.76. The first-order valence-electron chi connectivity index (χ1n) is 6.94. The summed E-state index contributed by atoms with van der Waals surface area (Å²) in [5.74, 6) is 0.406. The van der Waals surface area contributed by atoms with Gasteiger partial charge in [0, 0.05) is 35.8 Å². The highest BCUT2D eigenvalue weighted by molar-refractivity contribution is 9.10. The van der Waals surface area contributed by atoms with E-state index in [4.69, 9.17) is 0 Å². The molecule has 0 saturated carbocycles. The second-order valence-corrected chi connectivity index (χ2v) is 6.91. The van der Waals surface area contributed by atoms with Crippen molar-refractivity contribution in [2.45, 2.75) is 33.1 Å². The van der Waals surface area contributed by atoms with E-state index in [0.717, 1.165) is 16.5 Å². The Labute approximate surface area is 128 Å². The van der Waals surface area contributed by atoms with E-state index in [1.165, 1.54) is 0 Å². The maximum absolute atomic E-state index is 12.2. The average molecular weight is 338 g/mol. The lowest BCUT2D eigenvalue weighted by molar-refractivity contribution is -0.140. The molecule has 0 spiro atoms. The van der Waals surface area contributed by atoms with Gasteiger partial charge in [0.05, 0.1) is 0 Å². The number of aryl methyl sites for hydroxylation is 1. The van der Waals surface area contributed by atoms with Crippen molar-refractivity contribution in [3.8, 4) is 0 Å². The molecule has 1 aromatic rings. The van der Waals surface area contributed by atoms with Crippen LogP contribution in [0.5, 0.6) is 0 Å². The fraction of sp³-hybridized carbons (Fsp3) is 0.500. The van der Waals surface area contributed by atoms with Gasteiger partial charge in [-0.05, 0) is 24.1 Å². The van der Waals surface area contributed by atoms with Gasteiger partial charge in [0.2, 0.25) is 5.91 Å². The maximum Gasteiger partial charge on any atom is 0.222 e. The number of ketones is 1. The van der Waals surface area contributed by atoms with E-state index < -0.39 is 5.41 Å². The zero-order chi connectivity index (χ0) is 14.8. The maximum atomic E-state index is 12.2. The molecule has 0 aromatic heterocycles. The molecular weight excluding hydrogens is 318 g/mol. The Kier molecular flexibility index (Phi) is 4.63. The first kappa shape index (κ1) is 15.2. The molecular formula is C16H20BrNO2. The van der Waals surface area contributed by atoms with E-state index >= 15 is 0 Å². The van der Waals surface area contributed by atoms with E-state index in [2.05, 4.69) is 15.9 Å². The monoisotopic (exact) mass is 337 g/mol. The van der Waals surface area contributed by atoms with Gasteiger partial charge in [-0.15, -0.1) is 0 Å². The number of nitrogens with zero attached hydrogens (tertiary/aromatic N) is 1. The second kappa shape index (κ2) is 6.08. The van der Waals surface area contributed by atoms with Gasteiger partial charge in [-0.2, -0.15) is 0 Å². The van der Waals surface area contributed by atoms with Crippen molar-refractivity contribution in [2.24, 2.45) is 5.41 Å². The van der Waals surface area contributed by atoms with Crippen LogP contribution in [-0.2, 0) is 16.0 Å². The number of hydrogen-bond acceptors (Lipinski definition) is 2. The Morgan fingerprint density at radius 1 is 1.30 bits per heavy atom. The average Bonchev–Trinajstić information content (AvgIpc) is 2.41. The topological polar surface area (TPSA) is 37.4 Å². The lowest BCUT2D eigenvalue weighted by Gasteiger charge is -2.36. The summed E-state index contributed by atoms with van der Waals surface area (Å²) in [6, 6.07) is 8.03. The number of likely N-dealkylation sites (tertiary alicyclic amines) is 1. The smallest absolute Gasteiger partial charge is 0.222 e. The summed E-state index contributed by atoms with van der Waals surface area (Å²) in [5.41, 5.74) is 0.764. The van der Waals surface area contributed by atoms with Crippen molar-refractivity contribution in [3.05, 3.63) is 34.3 Å². The molecule has 3 nitrogen and oxygen atoms in total. The van der Waals surface area contributed by atoms with Crippen molar-refractivity contribution in [2.75, 3.05) is 13.1 Å². The predicted octanol–water partition coefficient (Wildman–Crippen LogP) is 3.21. The van der Waals surface area contributed by atoms with Crippen LogP contribution in [0.25, 0.3) is 0 Å². The lowest BCUT2D eigenvalue weighted by atomic mass is 9.82. The van der Waals surface area contributed by atoms with Gasteiger partial charge in [-0.3, -0.25) is 9.59 Å². The van der Waals surface area contributed by atoms with Crippen LogP contribution in [0.3, 0.4) is 0 Å². The predicted molar refractivity (Wildman–Crippen MR) is 82.4 cm³/mol. The van der Waals surface area contributed by atoms with Gasteiger partial charge in [0.15, 0.2) is 0 Å². The van der Waals surface area contributed by atoms with Gasteiger partial charge in [-0.1, -0.05) is 41.9 Å². The van der Waals surface area contributed by atoms with Gasteiger partial charge in [0.25, 0.3) is 0 Å². The molecule has 20 heavy (non-hydrogen) atoms. The largest absolute Gasteiger partial charge is 0.341 e. The number of hydrogen-bond donors (Lipinski definition) is 0. The molecule has 0 atom stereocenters. The molecule has 1 amide bonds. The SMILES string of the molecule is CC1(C)CN(C(=O)CCc2ccc(Br)cc2)CCC1=O. The fourth-order valence-electron chi connectivity index (χ4n) is 2.49.